The van der Waals surface area contributed by atoms with E-state index in [1.165, 1.54) is 65.6 Å². The molecule has 2 heteroatoms. The average Bonchev–Trinajstić information content (AvgIpc) is 2.87. The van der Waals surface area contributed by atoms with Crippen molar-refractivity contribution in [3.63, 3.8) is 0 Å². The quantitative estimate of drug-likeness (QED) is 0.191. The molecular weight excluding hydrogens is 424 g/mol. The standard InChI is InChI=1S/C33H51N2/c1-9-16-18-28-22-26(21-27(11-3)33(28)14-6)23-31(12-4)35(15-7)34-30-20-25(8)32(13-5)29(24-30)19-17-10-2/h20-24H,9-19H2,1-8H3/q+1. The van der Waals surface area contributed by atoms with Crippen molar-refractivity contribution in [2.75, 3.05) is 6.54 Å². The van der Waals surface area contributed by atoms with Crippen LogP contribution in [0.25, 0.3) is 6.08 Å². The first kappa shape index (κ1) is 29.0. The van der Waals surface area contributed by atoms with Gasteiger partial charge in [0.15, 0.2) is 6.54 Å². The third kappa shape index (κ3) is 7.89. The summed E-state index contributed by atoms with van der Waals surface area (Å²) in [6.45, 7) is 19.0. The molecule has 0 aromatic heterocycles. The summed E-state index contributed by atoms with van der Waals surface area (Å²) in [4.78, 5) is 0. The Morgan fingerprint density at radius 2 is 1.34 bits per heavy atom. The van der Waals surface area contributed by atoms with E-state index in [1.54, 1.807) is 11.1 Å². The number of unbranched alkanes of at least 4 members (excludes halogenated alkanes) is 2. The largest absolute Gasteiger partial charge is 0.208 e. The van der Waals surface area contributed by atoms with Crippen LogP contribution in [-0.4, -0.2) is 11.2 Å². The van der Waals surface area contributed by atoms with Gasteiger partial charge in [0.25, 0.3) is 0 Å². The fourth-order valence-corrected chi connectivity index (χ4v) is 5.32. The number of rotatable bonds is 14. The van der Waals surface area contributed by atoms with Gasteiger partial charge >= 0.3 is 0 Å². The highest BCUT2D eigenvalue weighted by Crippen LogP contribution is 2.27. The SMILES string of the molecule is CCCCc1cc(N=[N+](CC)C(=Cc2cc(CC)c(CC)c(CCCC)c2)CC)cc(C)c1CC. The highest BCUT2D eigenvalue weighted by atomic mass is 15.3. The molecule has 0 amide bonds. The summed E-state index contributed by atoms with van der Waals surface area (Å²) >= 11 is 0. The van der Waals surface area contributed by atoms with Crippen LogP contribution in [0.2, 0.25) is 0 Å². The molecule has 0 saturated heterocycles. The van der Waals surface area contributed by atoms with Gasteiger partial charge in [-0.15, -0.1) is 0 Å². The number of hydrogen-bond donors (Lipinski definition) is 0. The lowest BCUT2D eigenvalue weighted by atomic mass is 9.91. The predicted octanol–water partition coefficient (Wildman–Crippen LogP) is 9.93. The lowest BCUT2D eigenvalue weighted by molar-refractivity contribution is -0.539. The zero-order valence-electron chi connectivity index (χ0n) is 24.1. The first-order valence-corrected chi connectivity index (χ1v) is 14.4. The molecule has 0 unspecified atom stereocenters. The van der Waals surface area contributed by atoms with Crippen LogP contribution in [0.3, 0.4) is 0 Å². The number of hydrogen-bond acceptors (Lipinski definition) is 1. The molecule has 0 saturated carbocycles. The molecule has 0 aliphatic carbocycles. The number of allylic oxidation sites excluding steroid dienone is 1. The summed E-state index contributed by atoms with van der Waals surface area (Å²) in [7, 11) is 0. The van der Waals surface area contributed by atoms with Crippen molar-refractivity contribution >= 4 is 11.8 Å². The van der Waals surface area contributed by atoms with E-state index in [9.17, 15) is 0 Å². The van der Waals surface area contributed by atoms with E-state index in [-0.39, 0.29) is 0 Å². The van der Waals surface area contributed by atoms with Crippen LogP contribution in [0.15, 0.2) is 35.1 Å². The summed E-state index contributed by atoms with van der Waals surface area (Å²) in [5, 5.41) is 5.16. The summed E-state index contributed by atoms with van der Waals surface area (Å²) in [6, 6.07) is 9.48. The molecule has 0 atom stereocenters. The molecule has 0 radical (unpaired) electrons. The minimum Gasteiger partial charge on any atom is -0.0882 e. The van der Waals surface area contributed by atoms with E-state index in [4.69, 9.17) is 5.11 Å². The van der Waals surface area contributed by atoms with Gasteiger partial charge in [-0.25, -0.2) is 0 Å². The minimum atomic E-state index is 0.870. The van der Waals surface area contributed by atoms with E-state index in [1.807, 2.05) is 0 Å². The maximum absolute atomic E-state index is 5.16. The second kappa shape index (κ2) is 15.0. The van der Waals surface area contributed by atoms with Gasteiger partial charge in [0.1, 0.15) is 5.69 Å². The Morgan fingerprint density at radius 3 is 1.86 bits per heavy atom. The summed E-state index contributed by atoms with van der Waals surface area (Å²) in [5.74, 6) is 0. The number of azo groups is 2. The second-order valence-electron chi connectivity index (χ2n) is 9.79. The lowest BCUT2D eigenvalue weighted by Crippen LogP contribution is -2.08. The summed E-state index contributed by atoms with van der Waals surface area (Å²) in [6.07, 6.45) is 13.9. The molecule has 0 N–H and O–H groups in total. The van der Waals surface area contributed by atoms with Gasteiger partial charge in [-0.3, -0.25) is 0 Å². The molecule has 0 fully saturated rings. The molecule has 35 heavy (non-hydrogen) atoms. The van der Waals surface area contributed by atoms with Gasteiger partial charge in [0, 0.05) is 12.5 Å². The molecule has 192 valence electrons. The molecule has 2 rings (SSSR count). The first-order valence-electron chi connectivity index (χ1n) is 14.4. The monoisotopic (exact) mass is 475 g/mol. The predicted molar refractivity (Wildman–Crippen MR) is 154 cm³/mol. The minimum absolute atomic E-state index is 0.870. The van der Waals surface area contributed by atoms with Crippen molar-refractivity contribution in [2.24, 2.45) is 5.11 Å². The van der Waals surface area contributed by atoms with Gasteiger partial charge < -0.3 is 0 Å². The third-order valence-corrected chi connectivity index (χ3v) is 7.26. The Hall–Kier alpha value is -2.22. The lowest BCUT2D eigenvalue weighted by Gasteiger charge is -2.15. The van der Waals surface area contributed by atoms with Crippen LogP contribution < -0.4 is 0 Å². The highest BCUT2D eigenvalue weighted by molar-refractivity contribution is 5.56. The van der Waals surface area contributed by atoms with Crippen LogP contribution in [0.1, 0.15) is 120 Å². The summed E-state index contributed by atoms with van der Waals surface area (Å²) < 4.78 is 2.22. The third-order valence-electron chi connectivity index (χ3n) is 7.26. The fraction of sp³-hybridized carbons (Fsp3) is 0.576. The average molecular weight is 476 g/mol. The molecule has 0 bridgehead atoms. The first-order chi connectivity index (χ1) is 17.0. The molecule has 0 aliphatic rings. The van der Waals surface area contributed by atoms with Crippen molar-refractivity contribution in [1.82, 2.24) is 0 Å². The Labute approximate surface area is 216 Å². The van der Waals surface area contributed by atoms with Crippen LogP contribution in [0.5, 0.6) is 0 Å². The van der Waals surface area contributed by atoms with Crippen molar-refractivity contribution < 1.29 is 4.70 Å². The van der Waals surface area contributed by atoms with Crippen molar-refractivity contribution in [3.8, 4) is 0 Å². The van der Waals surface area contributed by atoms with E-state index in [2.05, 4.69) is 90.4 Å². The number of nitrogens with zero attached hydrogens (tertiary/aromatic N) is 2. The molecule has 0 aliphatic heterocycles. The highest BCUT2D eigenvalue weighted by Gasteiger charge is 2.16. The van der Waals surface area contributed by atoms with Crippen LogP contribution in [0.4, 0.5) is 5.69 Å². The number of aryl methyl sites for hydroxylation is 4. The van der Waals surface area contributed by atoms with Crippen LogP contribution in [0, 0.1) is 6.92 Å². The smallest absolute Gasteiger partial charge is 0.0882 e. The van der Waals surface area contributed by atoms with Crippen molar-refractivity contribution in [2.45, 2.75) is 120 Å². The Morgan fingerprint density at radius 1 is 0.743 bits per heavy atom. The zero-order valence-corrected chi connectivity index (χ0v) is 24.1. The number of benzene rings is 2. The van der Waals surface area contributed by atoms with Gasteiger partial charge in [0.05, 0.1) is 0 Å². The van der Waals surface area contributed by atoms with E-state index in [0.717, 1.165) is 44.3 Å². The van der Waals surface area contributed by atoms with Crippen molar-refractivity contribution in [3.05, 3.63) is 68.9 Å². The van der Waals surface area contributed by atoms with Gasteiger partial charge in [-0.1, -0.05) is 71.2 Å². The molecule has 0 heterocycles. The summed E-state index contributed by atoms with van der Waals surface area (Å²) in [5.41, 5.74) is 12.7. The van der Waals surface area contributed by atoms with E-state index >= 15 is 0 Å². The normalized spacial score (nSPS) is 12.5. The Bertz CT molecular complexity index is 1010. The molecule has 0 spiro atoms. The van der Waals surface area contributed by atoms with Crippen LogP contribution in [-0.2, 0) is 32.1 Å². The molecule has 2 aromatic carbocycles. The Balaban J connectivity index is 2.54. The van der Waals surface area contributed by atoms with Gasteiger partial charge in [-0.05, 0) is 115 Å². The van der Waals surface area contributed by atoms with Crippen LogP contribution >= 0.6 is 0 Å². The molecule has 2 nitrogen and oxygen atoms in total. The zero-order chi connectivity index (χ0) is 25.8. The van der Waals surface area contributed by atoms with E-state index < -0.39 is 0 Å². The topological polar surface area (TPSA) is 15.4 Å². The maximum atomic E-state index is 5.16. The van der Waals surface area contributed by atoms with Crippen molar-refractivity contribution in [1.29, 1.82) is 0 Å². The second-order valence-corrected chi connectivity index (χ2v) is 9.79. The Kier molecular flexibility index (Phi) is 12.4. The van der Waals surface area contributed by atoms with Gasteiger partial charge in [0.2, 0.25) is 5.70 Å². The van der Waals surface area contributed by atoms with Gasteiger partial charge in [-0.2, -0.15) is 0 Å². The fourth-order valence-electron chi connectivity index (χ4n) is 5.32. The molecular formula is C33H51N2+. The molecule has 2 aromatic rings. The van der Waals surface area contributed by atoms with E-state index in [0.29, 0.717) is 0 Å². The maximum Gasteiger partial charge on any atom is 0.208 e.